The second-order valence-corrected chi connectivity index (χ2v) is 5.02. The molecule has 0 bridgehead atoms. The van der Waals surface area contributed by atoms with Gasteiger partial charge in [-0.05, 0) is 24.3 Å². The van der Waals surface area contributed by atoms with Crippen molar-refractivity contribution < 1.29 is 18.7 Å². The third-order valence-corrected chi connectivity index (χ3v) is 3.44. The summed E-state index contributed by atoms with van der Waals surface area (Å²) in [7, 11) is 0. The molecule has 2 nitrogen and oxygen atoms in total. The first-order chi connectivity index (χ1) is 8.41. The second kappa shape index (κ2) is 4.67. The molecule has 1 fully saturated rings. The predicted molar refractivity (Wildman–Crippen MR) is 63.7 cm³/mol. The molecule has 1 N–H and O–H groups in total. The van der Waals surface area contributed by atoms with Gasteiger partial charge in [0.05, 0.1) is 6.42 Å². The Morgan fingerprint density at radius 2 is 1.94 bits per heavy atom. The Labute approximate surface area is 105 Å². The number of benzene rings is 1. The molecule has 2 rings (SSSR count). The molecule has 0 spiro atoms. The maximum Gasteiger partial charge on any atom is 0.303 e. The van der Waals surface area contributed by atoms with Crippen molar-refractivity contribution in [3.8, 4) is 0 Å². The van der Waals surface area contributed by atoms with Gasteiger partial charge in [0.15, 0.2) is 0 Å². The summed E-state index contributed by atoms with van der Waals surface area (Å²) >= 11 is 0. The third kappa shape index (κ3) is 2.68. The summed E-state index contributed by atoms with van der Waals surface area (Å²) in [5.41, 5.74) is 0.823. The molecule has 18 heavy (non-hydrogen) atoms. The SMILES string of the molecule is CC(CC(=O)O)c1ccc(C(F)(F)C2CC2)cc1. The van der Waals surface area contributed by atoms with E-state index >= 15 is 0 Å². The molecule has 1 atom stereocenters. The van der Waals surface area contributed by atoms with Gasteiger partial charge in [-0.1, -0.05) is 31.2 Å². The van der Waals surface area contributed by atoms with Gasteiger partial charge in [-0.15, -0.1) is 0 Å². The summed E-state index contributed by atoms with van der Waals surface area (Å²) < 4.78 is 27.6. The second-order valence-electron chi connectivity index (χ2n) is 5.02. The molecule has 0 heterocycles. The molecule has 1 aliphatic rings. The average molecular weight is 254 g/mol. The highest BCUT2D eigenvalue weighted by atomic mass is 19.3. The summed E-state index contributed by atoms with van der Waals surface area (Å²) in [4.78, 5) is 10.6. The quantitative estimate of drug-likeness (QED) is 0.868. The van der Waals surface area contributed by atoms with E-state index in [9.17, 15) is 13.6 Å². The Kier molecular flexibility index (Phi) is 3.37. The van der Waals surface area contributed by atoms with Gasteiger partial charge in [0.25, 0.3) is 5.92 Å². The molecule has 1 aromatic carbocycles. The van der Waals surface area contributed by atoms with Crippen LogP contribution in [0, 0.1) is 5.92 Å². The zero-order valence-corrected chi connectivity index (χ0v) is 10.2. The van der Waals surface area contributed by atoms with Gasteiger partial charge in [0.2, 0.25) is 0 Å². The fourth-order valence-corrected chi connectivity index (χ4v) is 2.10. The highest BCUT2D eigenvalue weighted by Gasteiger charge is 2.47. The number of rotatable bonds is 5. The van der Waals surface area contributed by atoms with Crippen LogP contribution in [0.15, 0.2) is 24.3 Å². The summed E-state index contributed by atoms with van der Waals surface area (Å²) in [5, 5.41) is 8.69. The van der Waals surface area contributed by atoms with Crippen molar-refractivity contribution in [2.45, 2.75) is 38.0 Å². The van der Waals surface area contributed by atoms with E-state index in [1.807, 2.05) is 0 Å². The van der Waals surface area contributed by atoms with Crippen LogP contribution >= 0.6 is 0 Å². The molecule has 98 valence electrons. The largest absolute Gasteiger partial charge is 0.481 e. The van der Waals surface area contributed by atoms with Crippen LogP contribution in [0.5, 0.6) is 0 Å². The summed E-state index contributed by atoms with van der Waals surface area (Å²) in [6.07, 6.45) is 1.19. The Morgan fingerprint density at radius 1 is 1.39 bits per heavy atom. The first-order valence-corrected chi connectivity index (χ1v) is 6.11. The van der Waals surface area contributed by atoms with E-state index in [-0.39, 0.29) is 17.9 Å². The number of carbonyl (C=O) groups is 1. The number of hydrogen-bond acceptors (Lipinski definition) is 1. The Hall–Kier alpha value is -1.45. The molecule has 1 aliphatic carbocycles. The molecule has 0 saturated heterocycles. The number of hydrogen-bond donors (Lipinski definition) is 1. The molecular weight excluding hydrogens is 238 g/mol. The van der Waals surface area contributed by atoms with E-state index in [0.717, 1.165) is 5.56 Å². The van der Waals surface area contributed by atoms with Gasteiger partial charge < -0.3 is 5.11 Å². The summed E-state index contributed by atoms with van der Waals surface area (Å²) in [5.74, 6) is -4.30. The Balaban J connectivity index is 2.12. The van der Waals surface area contributed by atoms with Gasteiger partial charge in [-0.2, -0.15) is 0 Å². The number of carboxylic acid groups (broad SMARTS) is 1. The highest BCUT2D eigenvalue weighted by molar-refractivity contribution is 5.67. The molecule has 0 amide bonds. The molecule has 0 aromatic heterocycles. The van der Waals surface area contributed by atoms with Crippen LogP contribution in [0.1, 0.15) is 43.2 Å². The van der Waals surface area contributed by atoms with Crippen LogP contribution in [0.4, 0.5) is 8.78 Å². The lowest BCUT2D eigenvalue weighted by Crippen LogP contribution is -2.16. The summed E-state index contributed by atoms with van der Waals surface area (Å²) in [6.45, 7) is 1.78. The van der Waals surface area contributed by atoms with E-state index in [0.29, 0.717) is 12.8 Å². The first kappa shape index (κ1) is 13.0. The molecule has 1 unspecified atom stereocenters. The van der Waals surface area contributed by atoms with E-state index in [2.05, 4.69) is 0 Å². The lowest BCUT2D eigenvalue weighted by molar-refractivity contribution is -0.137. The number of alkyl halides is 2. The predicted octanol–water partition coefficient (Wildman–Crippen LogP) is 3.77. The monoisotopic (exact) mass is 254 g/mol. The maximum atomic E-state index is 13.8. The molecule has 0 aliphatic heterocycles. The van der Waals surface area contributed by atoms with Gasteiger partial charge in [0.1, 0.15) is 0 Å². The number of aliphatic carboxylic acids is 1. The van der Waals surface area contributed by atoms with E-state index in [1.54, 1.807) is 19.1 Å². The standard InChI is InChI=1S/C14H16F2O2/c1-9(8-13(17)18)10-2-4-11(5-3-10)14(15,16)12-6-7-12/h2-5,9,12H,6-8H2,1H3,(H,17,18). The fourth-order valence-electron chi connectivity index (χ4n) is 2.10. The van der Waals surface area contributed by atoms with Crippen molar-refractivity contribution in [3.05, 3.63) is 35.4 Å². The molecule has 1 aromatic rings. The third-order valence-electron chi connectivity index (χ3n) is 3.44. The van der Waals surface area contributed by atoms with Crippen molar-refractivity contribution >= 4 is 5.97 Å². The van der Waals surface area contributed by atoms with Crippen LogP contribution in [0.2, 0.25) is 0 Å². The fraction of sp³-hybridized carbons (Fsp3) is 0.500. The molecular formula is C14H16F2O2. The van der Waals surface area contributed by atoms with Crippen molar-refractivity contribution in [2.24, 2.45) is 5.92 Å². The van der Waals surface area contributed by atoms with Gasteiger partial charge in [-0.3, -0.25) is 4.79 Å². The lowest BCUT2D eigenvalue weighted by atomic mass is 9.95. The van der Waals surface area contributed by atoms with Crippen molar-refractivity contribution in [3.63, 3.8) is 0 Å². The van der Waals surface area contributed by atoms with E-state index in [4.69, 9.17) is 5.11 Å². The summed E-state index contributed by atoms with van der Waals surface area (Å²) in [6, 6.07) is 6.07. The minimum absolute atomic E-state index is 0.0123. The van der Waals surface area contributed by atoms with Crippen molar-refractivity contribution in [1.82, 2.24) is 0 Å². The van der Waals surface area contributed by atoms with Crippen LogP contribution in [0.25, 0.3) is 0 Å². The first-order valence-electron chi connectivity index (χ1n) is 6.11. The van der Waals surface area contributed by atoms with Gasteiger partial charge >= 0.3 is 5.97 Å². The topological polar surface area (TPSA) is 37.3 Å². The number of carboxylic acids is 1. The zero-order valence-electron chi connectivity index (χ0n) is 10.2. The molecule has 4 heteroatoms. The normalized spacial score (nSPS) is 17.5. The van der Waals surface area contributed by atoms with Gasteiger partial charge in [-0.25, -0.2) is 8.78 Å². The highest BCUT2D eigenvalue weighted by Crippen LogP contribution is 2.49. The lowest BCUT2D eigenvalue weighted by Gasteiger charge is -2.17. The molecule has 1 saturated carbocycles. The minimum Gasteiger partial charge on any atom is -0.481 e. The minimum atomic E-state index is -2.74. The average Bonchev–Trinajstić information content (AvgIpc) is 3.12. The Morgan fingerprint density at radius 3 is 2.39 bits per heavy atom. The van der Waals surface area contributed by atoms with Gasteiger partial charge in [0, 0.05) is 11.5 Å². The van der Waals surface area contributed by atoms with Crippen LogP contribution in [-0.4, -0.2) is 11.1 Å². The van der Waals surface area contributed by atoms with Crippen molar-refractivity contribution in [1.29, 1.82) is 0 Å². The smallest absolute Gasteiger partial charge is 0.303 e. The van der Waals surface area contributed by atoms with Crippen LogP contribution in [-0.2, 0) is 10.7 Å². The van der Waals surface area contributed by atoms with Crippen LogP contribution < -0.4 is 0 Å². The molecule has 0 radical (unpaired) electrons. The van der Waals surface area contributed by atoms with Crippen LogP contribution in [0.3, 0.4) is 0 Å². The zero-order chi connectivity index (χ0) is 13.3. The number of halogens is 2. The maximum absolute atomic E-state index is 13.8. The van der Waals surface area contributed by atoms with E-state index in [1.165, 1.54) is 12.1 Å². The van der Waals surface area contributed by atoms with Crippen molar-refractivity contribution in [2.75, 3.05) is 0 Å². The van der Waals surface area contributed by atoms with E-state index < -0.39 is 17.8 Å². The Bertz CT molecular complexity index is 436.